The first-order valence-electron chi connectivity index (χ1n) is 5.09. The van der Waals surface area contributed by atoms with Crippen LogP contribution in [0.4, 0.5) is 0 Å². The maximum atomic E-state index is 11.3. The number of carboxylic acids is 1. The molecule has 6 nitrogen and oxygen atoms in total. The Morgan fingerprint density at radius 3 is 2.19 bits per heavy atom. The van der Waals surface area contributed by atoms with Gasteiger partial charge in [0.1, 0.15) is 6.04 Å². The Morgan fingerprint density at radius 1 is 1.25 bits per heavy atom. The Labute approximate surface area is 94.4 Å². The summed E-state index contributed by atoms with van der Waals surface area (Å²) in [6.07, 6.45) is 0.362. The van der Waals surface area contributed by atoms with Crippen molar-refractivity contribution in [1.29, 1.82) is 0 Å². The monoisotopic (exact) mass is 230 g/mol. The lowest BCUT2D eigenvalue weighted by atomic mass is 10.0. The summed E-state index contributed by atoms with van der Waals surface area (Å²) >= 11 is 0. The van der Waals surface area contributed by atoms with E-state index in [-0.39, 0.29) is 18.4 Å². The van der Waals surface area contributed by atoms with Crippen LogP contribution in [0.2, 0.25) is 0 Å². The van der Waals surface area contributed by atoms with Crippen molar-refractivity contribution in [2.45, 2.75) is 33.2 Å². The Bertz CT molecular complexity index is 276. The molecule has 0 aromatic heterocycles. The summed E-state index contributed by atoms with van der Waals surface area (Å²) in [6, 6.07) is -0.902. The molecule has 0 saturated carbocycles. The molecule has 0 heterocycles. The highest BCUT2D eigenvalue weighted by molar-refractivity contribution is 5.87. The van der Waals surface area contributed by atoms with E-state index in [1.807, 2.05) is 13.8 Å². The molecule has 0 fully saturated rings. The van der Waals surface area contributed by atoms with E-state index in [2.05, 4.69) is 10.6 Å². The standard InChI is InChI=1S/C10H18N2O4/c1-6(2)4-8(10(15)16)12-9(14)5-11-7(3)13/h6,8H,4-5H2,1-3H3,(H,11,13)(H,12,14)(H,15,16). The molecular formula is C10H18N2O4. The van der Waals surface area contributed by atoms with Crippen LogP contribution >= 0.6 is 0 Å². The molecule has 0 radical (unpaired) electrons. The van der Waals surface area contributed by atoms with Crippen LogP contribution in [-0.2, 0) is 14.4 Å². The molecule has 2 amide bonds. The minimum absolute atomic E-state index is 0.169. The topological polar surface area (TPSA) is 95.5 Å². The minimum Gasteiger partial charge on any atom is -0.480 e. The molecule has 3 N–H and O–H groups in total. The van der Waals surface area contributed by atoms with E-state index in [9.17, 15) is 14.4 Å². The molecule has 1 atom stereocenters. The molecule has 16 heavy (non-hydrogen) atoms. The van der Waals surface area contributed by atoms with E-state index in [1.165, 1.54) is 6.92 Å². The molecule has 0 bridgehead atoms. The lowest BCUT2D eigenvalue weighted by Gasteiger charge is -2.16. The fourth-order valence-electron chi connectivity index (χ4n) is 1.14. The Balaban J connectivity index is 4.13. The van der Waals surface area contributed by atoms with Crippen LogP contribution in [0.3, 0.4) is 0 Å². The van der Waals surface area contributed by atoms with Crippen LogP contribution < -0.4 is 10.6 Å². The number of aliphatic carboxylic acids is 1. The second-order valence-corrected chi connectivity index (χ2v) is 4.00. The number of nitrogens with one attached hydrogen (secondary N) is 2. The molecule has 0 aromatic carbocycles. The van der Waals surface area contributed by atoms with Gasteiger partial charge in [0, 0.05) is 6.92 Å². The maximum absolute atomic E-state index is 11.3. The second kappa shape index (κ2) is 6.81. The van der Waals surface area contributed by atoms with Gasteiger partial charge in [0.05, 0.1) is 6.54 Å². The SMILES string of the molecule is CC(=O)NCC(=O)NC(CC(C)C)C(=O)O. The average Bonchev–Trinajstić information content (AvgIpc) is 2.12. The number of rotatable bonds is 6. The van der Waals surface area contributed by atoms with Crippen molar-refractivity contribution >= 4 is 17.8 Å². The second-order valence-electron chi connectivity index (χ2n) is 4.00. The van der Waals surface area contributed by atoms with Gasteiger partial charge in [0.2, 0.25) is 11.8 Å². The number of carboxylic acid groups (broad SMARTS) is 1. The number of hydrogen-bond donors (Lipinski definition) is 3. The number of carbonyl (C=O) groups excluding carboxylic acids is 2. The summed E-state index contributed by atoms with van der Waals surface area (Å²) in [7, 11) is 0. The van der Waals surface area contributed by atoms with E-state index < -0.39 is 17.9 Å². The van der Waals surface area contributed by atoms with Crippen LogP contribution in [0, 0.1) is 5.92 Å². The molecule has 0 saturated heterocycles. The van der Waals surface area contributed by atoms with E-state index in [0.717, 1.165) is 0 Å². The Morgan fingerprint density at radius 2 is 1.81 bits per heavy atom. The summed E-state index contributed by atoms with van der Waals surface area (Å²) < 4.78 is 0. The molecule has 0 aliphatic rings. The van der Waals surface area contributed by atoms with Crippen molar-refractivity contribution in [1.82, 2.24) is 10.6 Å². The third-order valence-corrected chi connectivity index (χ3v) is 1.84. The molecule has 0 spiro atoms. The summed E-state index contributed by atoms with van der Waals surface area (Å²) in [6.45, 7) is 4.83. The Hall–Kier alpha value is -1.59. The first-order valence-corrected chi connectivity index (χ1v) is 5.09. The molecule has 6 heteroatoms. The van der Waals surface area contributed by atoms with Gasteiger partial charge in [-0.05, 0) is 12.3 Å². The van der Waals surface area contributed by atoms with Gasteiger partial charge in [-0.15, -0.1) is 0 Å². The van der Waals surface area contributed by atoms with Gasteiger partial charge in [0.15, 0.2) is 0 Å². The van der Waals surface area contributed by atoms with Crippen LogP contribution in [0.1, 0.15) is 27.2 Å². The van der Waals surface area contributed by atoms with Gasteiger partial charge in [-0.3, -0.25) is 9.59 Å². The van der Waals surface area contributed by atoms with E-state index >= 15 is 0 Å². The van der Waals surface area contributed by atoms with Crippen LogP contribution in [0.15, 0.2) is 0 Å². The first kappa shape index (κ1) is 14.4. The third kappa shape index (κ3) is 6.80. The van der Waals surface area contributed by atoms with Crippen molar-refractivity contribution in [3.63, 3.8) is 0 Å². The average molecular weight is 230 g/mol. The van der Waals surface area contributed by atoms with E-state index in [4.69, 9.17) is 5.11 Å². The highest BCUT2D eigenvalue weighted by Gasteiger charge is 2.20. The fourth-order valence-corrected chi connectivity index (χ4v) is 1.14. The van der Waals surface area contributed by atoms with Crippen molar-refractivity contribution < 1.29 is 19.5 Å². The van der Waals surface area contributed by atoms with Crippen LogP contribution in [0.5, 0.6) is 0 Å². The zero-order chi connectivity index (χ0) is 12.7. The van der Waals surface area contributed by atoms with Crippen LogP contribution in [-0.4, -0.2) is 35.5 Å². The van der Waals surface area contributed by atoms with Gasteiger partial charge < -0.3 is 15.7 Å². The molecule has 0 aliphatic carbocycles. The van der Waals surface area contributed by atoms with E-state index in [0.29, 0.717) is 6.42 Å². The normalized spacial score (nSPS) is 12.0. The summed E-state index contributed by atoms with van der Waals surface area (Å²) in [5.41, 5.74) is 0. The van der Waals surface area contributed by atoms with Crippen molar-refractivity contribution in [2.24, 2.45) is 5.92 Å². The van der Waals surface area contributed by atoms with Crippen molar-refractivity contribution in [2.75, 3.05) is 6.54 Å². The lowest BCUT2D eigenvalue weighted by Crippen LogP contribution is -2.45. The first-order chi connectivity index (χ1) is 7.32. The van der Waals surface area contributed by atoms with Crippen LogP contribution in [0.25, 0.3) is 0 Å². The molecule has 0 rings (SSSR count). The molecule has 0 aliphatic heterocycles. The summed E-state index contributed by atoms with van der Waals surface area (Å²) in [4.78, 5) is 32.6. The number of hydrogen-bond acceptors (Lipinski definition) is 3. The molecule has 1 unspecified atom stereocenters. The minimum atomic E-state index is -1.06. The van der Waals surface area contributed by atoms with Gasteiger partial charge in [-0.2, -0.15) is 0 Å². The predicted molar refractivity (Wildman–Crippen MR) is 57.7 cm³/mol. The van der Waals surface area contributed by atoms with E-state index in [1.54, 1.807) is 0 Å². The third-order valence-electron chi connectivity index (χ3n) is 1.84. The quantitative estimate of drug-likeness (QED) is 0.585. The predicted octanol–water partition coefficient (Wildman–Crippen LogP) is -0.262. The van der Waals surface area contributed by atoms with Gasteiger partial charge in [-0.1, -0.05) is 13.8 Å². The molecular weight excluding hydrogens is 212 g/mol. The lowest BCUT2D eigenvalue weighted by molar-refractivity contribution is -0.142. The smallest absolute Gasteiger partial charge is 0.326 e. The highest BCUT2D eigenvalue weighted by atomic mass is 16.4. The zero-order valence-electron chi connectivity index (χ0n) is 9.74. The Kier molecular flexibility index (Phi) is 6.14. The molecule has 92 valence electrons. The molecule has 0 aromatic rings. The number of amides is 2. The summed E-state index contributed by atoms with van der Waals surface area (Å²) in [5.74, 6) is -1.72. The summed E-state index contributed by atoms with van der Waals surface area (Å²) in [5, 5.41) is 13.5. The number of carbonyl (C=O) groups is 3. The van der Waals surface area contributed by atoms with Gasteiger partial charge in [0.25, 0.3) is 0 Å². The highest BCUT2D eigenvalue weighted by Crippen LogP contribution is 2.04. The van der Waals surface area contributed by atoms with Gasteiger partial charge in [-0.25, -0.2) is 4.79 Å². The van der Waals surface area contributed by atoms with Gasteiger partial charge >= 0.3 is 5.97 Å². The largest absolute Gasteiger partial charge is 0.480 e. The van der Waals surface area contributed by atoms with Crippen molar-refractivity contribution in [3.8, 4) is 0 Å². The fraction of sp³-hybridized carbons (Fsp3) is 0.700. The van der Waals surface area contributed by atoms with Crippen molar-refractivity contribution in [3.05, 3.63) is 0 Å². The maximum Gasteiger partial charge on any atom is 0.326 e. The zero-order valence-corrected chi connectivity index (χ0v) is 9.74.